The maximum atomic E-state index is 9.94. The molecule has 2 aromatic carbocycles. The molecule has 0 bridgehead atoms. The van der Waals surface area contributed by atoms with Crippen LogP contribution in [0.5, 0.6) is 46.0 Å². The van der Waals surface area contributed by atoms with Gasteiger partial charge in [0.05, 0.1) is 82.3 Å². The Labute approximate surface area is 282 Å². The van der Waals surface area contributed by atoms with Gasteiger partial charge in [-0.2, -0.15) is 0 Å². The van der Waals surface area contributed by atoms with E-state index in [-0.39, 0.29) is 13.2 Å². The summed E-state index contributed by atoms with van der Waals surface area (Å²) in [7, 11) is 12.4. The second-order valence-electron chi connectivity index (χ2n) is 11.4. The monoisotopic (exact) mass is 684 g/mol. The summed E-state index contributed by atoms with van der Waals surface area (Å²) in [4.78, 5) is 0. The van der Waals surface area contributed by atoms with Crippen molar-refractivity contribution < 1.29 is 67.8 Å². The third kappa shape index (κ3) is 7.90. The predicted octanol–water partition coefficient (Wildman–Crippen LogP) is 2.17. The molecule has 4 rings (SSSR count). The SMILES string of the molecule is COc1c(C)c(CCC2OC[C@@H](O)[C@H]2O)c(OC)c(OC)c1OC.COc1c(C)c(CCC2OC[C@@H](O)[C@H]2O)c(OC)c(OC)c1OC. The lowest BCUT2D eigenvalue weighted by Gasteiger charge is -2.22. The third-order valence-corrected chi connectivity index (χ3v) is 8.88. The van der Waals surface area contributed by atoms with Crippen molar-refractivity contribution in [1.82, 2.24) is 0 Å². The van der Waals surface area contributed by atoms with E-state index >= 15 is 0 Å². The Balaban J connectivity index is 0.000000260. The minimum Gasteiger partial charge on any atom is -0.492 e. The fraction of sp³-hybridized carbons (Fsp3) is 0.647. The molecule has 14 nitrogen and oxygen atoms in total. The maximum Gasteiger partial charge on any atom is 0.207 e. The first kappa shape index (κ1) is 39.0. The number of benzene rings is 2. The predicted molar refractivity (Wildman–Crippen MR) is 175 cm³/mol. The first-order valence-electron chi connectivity index (χ1n) is 15.7. The van der Waals surface area contributed by atoms with Gasteiger partial charge in [0.1, 0.15) is 24.4 Å². The summed E-state index contributed by atoms with van der Waals surface area (Å²) >= 11 is 0. The quantitative estimate of drug-likeness (QED) is 0.228. The van der Waals surface area contributed by atoms with Crippen LogP contribution in [-0.4, -0.2) is 127 Å². The Morgan fingerprint density at radius 2 is 0.729 bits per heavy atom. The molecule has 0 aliphatic carbocycles. The van der Waals surface area contributed by atoms with E-state index in [0.717, 1.165) is 22.3 Å². The minimum absolute atomic E-state index is 0.150. The molecule has 2 saturated heterocycles. The van der Waals surface area contributed by atoms with Gasteiger partial charge in [0, 0.05) is 22.3 Å². The molecular formula is C34H52O14. The van der Waals surface area contributed by atoms with Crippen LogP contribution in [-0.2, 0) is 22.3 Å². The molecule has 2 aromatic rings. The first-order valence-corrected chi connectivity index (χ1v) is 15.7. The van der Waals surface area contributed by atoms with Crippen LogP contribution in [0.25, 0.3) is 0 Å². The van der Waals surface area contributed by atoms with Crippen LogP contribution < -0.4 is 37.9 Å². The fourth-order valence-corrected chi connectivity index (χ4v) is 6.32. The summed E-state index contributed by atoms with van der Waals surface area (Å²) < 4.78 is 54.7. The van der Waals surface area contributed by atoms with E-state index in [4.69, 9.17) is 47.4 Å². The van der Waals surface area contributed by atoms with Crippen molar-refractivity contribution in [2.45, 2.75) is 76.2 Å². The van der Waals surface area contributed by atoms with Crippen molar-refractivity contribution >= 4 is 0 Å². The van der Waals surface area contributed by atoms with Crippen molar-refractivity contribution in [3.63, 3.8) is 0 Å². The molecule has 2 unspecified atom stereocenters. The highest BCUT2D eigenvalue weighted by atomic mass is 16.6. The zero-order valence-corrected chi connectivity index (χ0v) is 29.6. The molecule has 0 aromatic heterocycles. The highest BCUT2D eigenvalue weighted by Gasteiger charge is 2.36. The van der Waals surface area contributed by atoms with E-state index in [0.29, 0.717) is 71.7 Å². The van der Waals surface area contributed by atoms with Crippen molar-refractivity contribution in [2.75, 3.05) is 70.1 Å². The molecule has 4 N–H and O–H groups in total. The van der Waals surface area contributed by atoms with Gasteiger partial charge in [-0.25, -0.2) is 0 Å². The van der Waals surface area contributed by atoms with Crippen molar-refractivity contribution in [3.8, 4) is 46.0 Å². The van der Waals surface area contributed by atoms with E-state index in [9.17, 15) is 20.4 Å². The molecule has 0 radical (unpaired) electrons. The number of rotatable bonds is 14. The summed E-state index contributed by atoms with van der Waals surface area (Å²) in [5.74, 6) is 4.18. The summed E-state index contributed by atoms with van der Waals surface area (Å²) in [6.07, 6.45) is -2.04. The zero-order chi connectivity index (χ0) is 35.7. The van der Waals surface area contributed by atoms with Crippen LogP contribution >= 0.6 is 0 Å². The molecule has 0 amide bonds. The van der Waals surface area contributed by atoms with Crippen LogP contribution in [0.4, 0.5) is 0 Å². The molecule has 48 heavy (non-hydrogen) atoms. The van der Waals surface area contributed by atoms with Gasteiger partial charge in [-0.3, -0.25) is 0 Å². The molecule has 0 saturated carbocycles. The lowest BCUT2D eigenvalue weighted by Crippen LogP contribution is -2.30. The number of hydrogen-bond acceptors (Lipinski definition) is 14. The van der Waals surface area contributed by atoms with E-state index in [2.05, 4.69) is 0 Å². The Kier molecular flexibility index (Phi) is 14.5. The van der Waals surface area contributed by atoms with Crippen molar-refractivity contribution in [3.05, 3.63) is 22.3 Å². The summed E-state index contributed by atoms with van der Waals surface area (Å²) in [6, 6.07) is 0. The summed E-state index contributed by atoms with van der Waals surface area (Å²) in [6.45, 7) is 4.13. The molecule has 14 heteroatoms. The van der Waals surface area contributed by atoms with Gasteiger partial charge in [-0.1, -0.05) is 0 Å². The van der Waals surface area contributed by atoms with E-state index in [1.807, 2.05) is 13.8 Å². The molecule has 272 valence electrons. The highest BCUT2D eigenvalue weighted by Crippen LogP contribution is 2.51. The second kappa shape index (κ2) is 17.8. The van der Waals surface area contributed by atoms with Gasteiger partial charge in [-0.05, 0) is 39.5 Å². The summed E-state index contributed by atoms with van der Waals surface area (Å²) in [5, 5.41) is 39.1. The van der Waals surface area contributed by atoms with Crippen molar-refractivity contribution in [1.29, 1.82) is 0 Å². The second-order valence-corrected chi connectivity index (χ2v) is 11.4. The third-order valence-electron chi connectivity index (χ3n) is 8.88. The average molecular weight is 685 g/mol. The zero-order valence-electron chi connectivity index (χ0n) is 29.6. The number of aliphatic hydroxyl groups is 4. The molecule has 2 fully saturated rings. The Bertz CT molecular complexity index is 1250. The van der Waals surface area contributed by atoms with Crippen LogP contribution in [0.2, 0.25) is 0 Å². The Morgan fingerprint density at radius 3 is 0.958 bits per heavy atom. The topological polar surface area (TPSA) is 173 Å². The molecule has 2 heterocycles. The lowest BCUT2D eigenvalue weighted by atomic mass is 9.96. The van der Waals surface area contributed by atoms with Gasteiger partial charge in [0.2, 0.25) is 23.0 Å². The van der Waals surface area contributed by atoms with Gasteiger partial charge in [0.25, 0.3) is 0 Å². The Hall–Kier alpha value is -3.40. The normalized spacial score (nSPS) is 23.2. The van der Waals surface area contributed by atoms with Crippen LogP contribution in [0.1, 0.15) is 35.1 Å². The number of methoxy groups -OCH3 is 8. The highest BCUT2D eigenvalue weighted by molar-refractivity contribution is 5.68. The fourth-order valence-electron chi connectivity index (χ4n) is 6.32. The smallest absolute Gasteiger partial charge is 0.207 e. The molecular weight excluding hydrogens is 632 g/mol. The molecule has 6 atom stereocenters. The summed E-state index contributed by atoms with van der Waals surface area (Å²) in [5.41, 5.74) is 3.54. The lowest BCUT2D eigenvalue weighted by molar-refractivity contribution is 0.0196. The average Bonchev–Trinajstić information content (AvgIpc) is 3.59. The van der Waals surface area contributed by atoms with E-state index < -0.39 is 36.6 Å². The van der Waals surface area contributed by atoms with Gasteiger partial charge in [0.15, 0.2) is 23.0 Å². The van der Waals surface area contributed by atoms with E-state index in [1.165, 1.54) is 0 Å². The van der Waals surface area contributed by atoms with E-state index in [1.54, 1.807) is 56.9 Å². The molecule has 0 spiro atoms. The van der Waals surface area contributed by atoms with Crippen LogP contribution in [0.3, 0.4) is 0 Å². The van der Waals surface area contributed by atoms with Gasteiger partial charge >= 0.3 is 0 Å². The molecule has 2 aliphatic rings. The standard InChI is InChI=1S/2C17H26O7/c2*1-9-10(6-7-12-13(19)11(18)8-24-12)15(21-3)17(23-5)16(22-4)14(9)20-2/h2*11-13,18-19H,6-8H2,1-5H3/t2*11-,12?,13-/m11/s1. The minimum atomic E-state index is -0.877. The molecule has 2 aliphatic heterocycles. The first-order chi connectivity index (χ1) is 23.0. The van der Waals surface area contributed by atoms with Crippen LogP contribution in [0, 0.1) is 13.8 Å². The Morgan fingerprint density at radius 1 is 0.458 bits per heavy atom. The largest absolute Gasteiger partial charge is 0.492 e. The van der Waals surface area contributed by atoms with Crippen LogP contribution in [0.15, 0.2) is 0 Å². The van der Waals surface area contributed by atoms with Crippen molar-refractivity contribution in [2.24, 2.45) is 0 Å². The number of hydrogen-bond donors (Lipinski definition) is 4. The maximum absolute atomic E-state index is 9.94. The van der Waals surface area contributed by atoms with Gasteiger partial charge < -0.3 is 67.8 Å². The number of aliphatic hydroxyl groups excluding tert-OH is 4. The number of ether oxygens (including phenoxy) is 10. The van der Waals surface area contributed by atoms with Gasteiger partial charge in [-0.15, -0.1) is 0 Å².